The largest absolute Gasteiger partial charge is 0.508 e. The zero-order valence-corrected chi connectivity index (χ0v) is 38.3. The van der Waals surface area contributed by atoms with Gasteiger partial charge in [-0.15, -0.1) is 0 Å². The molecular weight excluding hydrogens is 942 g/mol. The van der Waals surface area contributed by atoms with Gasteiger partial charge in [-0.25, -0.2) is 14.4 Å². The topological polar surface area (TPSA) is 177 Å². The predicted octanol–water partition coefficient (Wildman–Crippen LogP) is 12.8. The lowest BCUT2D eigenvalue weighted by Crippen LogP contribution is -2.33. The molecule has 0 saturated heterocycles. The van der Waals surface area contributed by atoms with Crippen LogP contribution in [0.3, 0.4) is 0 Å². The average Bonchev–Trinajstić information content (AvgIpc) is 3.63. The number of azo groups is 1. The molecule has 6 aromatic carbocycles. The summed E-state index contributed by atoms with van der Waals surface area (Å²) in [6.07, 6.45) is 2.20. The van der Waals surface area contributed by atoms with Crippen LogP contribution in [0.2, 0.25) is 20.1 Å². The number of halogens is 4. The molecule has 0 aromatic heterocycles. The highest BCUT2D eigenvalue weighted by Crippen LogP contribution is 2.61. The van der Waals surface area contributed by atoms with E-state index in [1.807, 2.05) is 49.3 Å². The molecule has 0 bridgehead atoms. The van der Waals surface area contributed by atoms with E-state index in [-0.39, 0.29) is 101 Å². The van der Waals surface area contributed by atoms with Crippen molar-refractivity contribution in [2.45, 2.75) is 24.9 Å². The number of hydrogen-bond acceptors (Lipinski definition) is 13. The number of nitrogens with zero attached hydrogens (tertiary/aromatic N) is 4. The fourth-order valence-electron chi connectivity index (χ4n) is 7.55. The normalized spacial score (nSPS) is 14.6. The number of nitriles is 1. The molecule has 1 spiro atoms. The number of carbonyl (C=O) groups is 4. The van der Waals surface area contributed by atoms with Gasteiger partial charge in [0.15, 0.2) is 11.4 Å². The zero-order valence-electron chi connectivity index (χ0n) is 35.3. The van der Waals surface area contributed by atoms with Crippen molar-refractivity contribution in [1.29, 1.82) is 5.26 Å². The third-order valence-electron chi connectivity index (χ3n) is 10.9. The second-order valence-corrected chi connectivity index (χ2v) is 16.8. The summed E-state index contributed by atoms with van der Waals surface area (Å²) in [6.45, 7) is -0.0553. The van der Waals surface area contributed by atoms with Gasteiger partial charge < -0.3 is 29.0 Å². The van der Waals surface area contributed by atoms with Crippen LogP contribution in [0.5, 0.6) is 23.0 Å². The SMILES string of the molecule is CN(C)c1ccc(N=Nc2ccc(C(=O)CCCCOC(=O)/C(C#N)=C/c3ccccc3C(=O)Oc3ccc4c(c3)Oc3cc(O)ccc3C43OC(=O)c4c(Cl)c(Cl)c(Cl)c(Cl)c43)cc2)cc1. The van der Waals surface area contributed by atoms with Gasteiger partial charge in [0.25, 0.3) is 0 Å². The first kappa shape index (κ1) is 46.3. The third kappa shape index (κ3) is 9.17. The van der Waals surface area contributed by atoms with Crippen molar-refractivity contribution in [2.75, 3.05) is 25.6 Å². The molecule has 2 heterocycles. The number of phenols is 1. The van der Waals surface area contributed by atoms with Gasteiger partial charge in [-0.05, 0) is 103 Å². The molecule has 0 amide bonds. The number of anilines is 1. The minimum Gasteiger partial charge on any atom is -0.508 e. The van der Waals surface area contributed by atoms with Crippen LogP contribution in [-0.2, 0) is 19.9 Å². The molecule has 67 heavy (non-hydrogen) atoms. The highest BCUT2D eigenvalue weighted by atomic mass is 35.5. The maximum Gasteiger partial charge on any atom is 0.348 e. The van der Waals surface area contributed by atoms with Crippen molar-refractivity contribution in [1.82, 2.24) is 0 Å². The number of ether oxygens (including phenoxy) is 4. The summed E-state index contributed by atoms with van der Waals surface area (Å²) in [6, 6.07) is 30.9. The number of esters is 3. The number of phenolic OH excluding ortho intramolecular Hbond substituents is 1. The zero-order chi connectivity index (χ0) is 47.6. The number of Topliss-reactive ketones (excluding diaryl/α,β-unsaturated/α-hetero) is 1. The number of hydrogen-bond donors (Lipinski definition) is 1. The lowest BCUT2D eigenvalue weighted by molar-refractivity contribution is -0.138. The molecule has 0 aliphatic carbocycles. The summed E-state index contributed by atoms with van der Waals surface area (Å²) >= 11 is 26.1. The van der Waals surface area contributed by atoms with E-state index in [9.17, 15) is 29.5 Å². The first-order valence-electron chi connectivity index (χ1n) is 20.4. The first-order valence-corrected chi connectivity index (χ1v) is 21.9. The molecule has 13 nitrogen and oxygen atoms in total. The Kier molecular flexibility index (Phi) is 13.4. The van der Waals surface area contributed by atoms with Crippen molar-refractivity contribution in [3.8, 4) is 29.1 Å². The Bertz CT molecular complexity index is 3110. The number of benzene rings is 6. The van der Waals surface area contributed by atoms with Crippen LogP contribution in [0.25, 0.3) is 6.08 Å². The van der Waals surface area contributed by atoms with Gasteiger partial charge in [0.05, 0.1) is 49.2 Å². The van der Waals surface area contributed by atoms with E-state index >= 15 is 0 Å². The van der Waals surface area contributed by atoms with Crippen molar-refractivity contribution in [3.05, 3.63) is 174 Å². The molecule has 0 saturated carbocycles. The summed E-state index contributed by atoms with van der Waals surface area (Å²) in [5, 5.41) is 28.3. The Morgan fingerprint density at radius 3 is 2.13 bits per heavy atom. The predicted molar refractivity (Wildman–Crippen MR) is 252 cm³/mol. The lowest BCUT2D eigenvalue weighted by atomic mass is 9.77. The van der Waals surface area contributed by atoms with Gasteiger partial charge in [-0.2, -0.15) is 15.5 Å². The highest BCUT2D eigenvalue weighted by Gasteiger charge is 2.56. The molecule has 17 heteroatoms. The van der Waals surface area contributed by atoms with E-state index in [0.717, 1.165) is 5.69 Å². The van der Waals surface area contributed by atoms with Gasteiger partial charge in [-0.1, -0.05) is 64.6 Å². The fraction of sp³-hybridized carbons (Fsp3) is 0.140. The molecule has 1 unspecified atom stereocenters. The van der Waals surface area contributed by atoms with E-state index in [1.165, 1.54) is 54.6 Å². The molecule has 0 radical (unpaired) electrons. The molecule has 336 valence electrons. The number of fused-ring (bicyclic) bond motifs is 6. The average molecular weight is 977 g/mol. The highest BCUT2D eigenvalue weighted by molar-refractivity contribution is 6.53. The minimum atomic E-state index is -1.78. The maximum absolute atomic E-state index is 13.7. The Hall–Kier alpha value is -7.21. The lowest BCUT2D eigenvalue weighted by Gasteiger charge is -2.37. The minimum absolute atomic E-state index is 0.00420. The van der Waals surface area contributed by atoms with Crippen LogP contribution in [-0.4, -0.2) is 49.5 Å². The third-order valence-corrected chi connectivity index (χ3v) is 12.7. The molecule has 2 aliphatic rings. The molecule has 1 atom stereocenters. The van der Waals surface area contributed by atoms with E-state index in [2.05, 4.69) is 10.2 Å². The van der Waals surface area contributed by atoms with Gasteiger partial charge >= 0.3 is 17.9 Å². The van der Waals surface area contributed by atoms with Crippen LogP contribution in [0.4, 0.5) is 17.1 Å². The Labute approximate surface area is 403 Å². The van der Waals surface area contributed by atoms with Gasteiger partial charge in [0.2, 0.25) is 0 Å². The van der Waals surface area contributed by atoms with Crippen molar-refractivity contribution >= 4 is 93.2 Å². The van der Waals surface area contributed by atoms with Crippen LogP contribution in [0, 0.1) is 11.3 Å². The van der Waals surface area contributed by atoms with E-state index in [1.54, 1.807) is 36.4 Å². The van der Waals surface area contributed by atoms with Crippen molar-refractivity contribution < 1.29 is 43.2 Å². The number of ketones is 1. The summed E-state index contributed by atoms with van der Waals surface area (Å²) in [4.78, 5) is 55.1. The molecule has 1 N–H and O–H groups in total. The van der Waals surface area contributed by atoms with Crippen molar-refractivity contribution in [2.24, 2.45) is 10.2 Å². The smallest absolute Gasteiger partial charge is 0.348 e. The molecule has 0 fully saturated rings. The Morgan fingerprint density at radius 1 is 0.806 bits per heavy atom. The molecule has 8 rings (SSSR count). The second-order valence-electron chi connectivity index (χ2n) is 15.3. The van der Waals surface area contributed by atoms with Crippen molar-refractivity contribution in [3.63, 3.8) is 0 Å². The summed E-state index contributed by atoms with van der Waals surface area (Å²) in [5.74, 6) is -2.74. The number of unbranched alkanes of at least 4 members (excludes halogenated alkanes) is 1. The second kappa shape index (κ2) is 19.3. The monoisotopic (exact) mass is 974 g/mol. The maximum atomic E-state index is 13.7. The summed E-state index contributed by atoms with van der Waals surface area (Å²) in [5.41, 5.74) is 1.42. The number of aromatic hydroxyl groups is 1. The standard InChI is InChI=1S/C50H34Cl4N4O9/c1-58(2)32-16-14-31(15-17-32)57-56-30-12-10-27(11-13-30)38(60)9-5-6-22-64-47(61)29(26-55)23-28-7-3-4-8-35(28)48(62)65-34-19-21-37-40(25-34)66-39-24-33(59)18-20-36(39)50(37)42-41(49(63)67-50)43(51)45(53)46(54)44(42)52/h3-4,7-8,10-21,23-25,59H,5-6,9,22H2,1-2H3/b29-23+,57-56?. The van der Waals surface area contributed by atoms with Crippen LogP contribution < -0.4 is 14.4 Å². The van der Waals surface area contributed by atoms with Crippen LogP contribution in [0.1, 0.15) is 72.6 Å². The Balaban J connectivity index is 0.911. The quantitative estimate of drug-likeness (QED) is 0.0134. The fourth-order valence-corrected chi connectivity index (χ4v) is 8.61. The van der Waals surface area contributed by atoms with Crippen LogP contribution in [0.15, 0.2) is 125 Å². The molecular formula is C50H34Cl4N4O9. The van der Waals surface area contributed by atoms with Crippen LogP contribution >= 0.6 is 46.4 Å². The number of rotatable bonds is 13. The van der Waals surface area contributed by atoms with E-state index in [0.29, 0.717) is 29.8 Å². The van der Waals surface area contributed by atoms with Gasteiger partial charge in [0.1, 0.15) is 34.6 Å². The first-order chi connectivity index (χ1) is 32.2. The number of carbonyl (C=O) groups excluding carboxylic acids is 4. The summed E-state index contributed by atoms with van der Waals surface area (Å²) in [7, 11) is 3.91. The molecule has 2 aliphatic heterocycles. The summed E-state index contributed by atoms with van der Waals surface area (Å²) < 4.78 is 23.4. The van der Waals surface area contributed by atoms with E-state index < -0.39 is 23.5 Å². The van der Waals surface area contributed by atoms with Gasteiger partial charge in [0, 0.05) is 60.6 Å². The van der Waals surface area contributed by atoms with E-state index in [4.69, 9.17) is 65.4 Å². The van der Waals surface area contributed by atoms with Gasteiger partial charge in [-0.3, -0.25) is 4.79 Å². The Morgan fingerprint density at radius 2 is 1.45 bits per heavy atom. The molecule has 6 aromatic rings.